The second kappa shape index (κ2) is 5.60. The summed E-state index contributed by atoms with van der Waals surface area (Å²) in [5.41, 5.74) is 6.40. The highest BCUT2D eigenvalue weighted by molar-refractivity contribution is 7.89. The standard InChI is InChI=1S/C14H15FN2O2S/c1-10-7-12(15)13(16)8-14(10)20(18,19)17-9-11-5-3-2-4-6-11/h2-8,17H,9,16H2,1H3. The van der Waals surface area contributed by atoms with Crippen LogP contribution in [0.2, 0.25) is 0 Å². The second-order valence-corrected chi connectivity index (χ2v) is 6.18. The Labute approximate surface area is 117 Å². The van der Waals surface area contributed by atoms with E-state index in [4.69, 9.17) is 5.73 Å². The van der Waals surface area contributed by atoms with E-state index in [2.05, 4.69) is 4.72 Å². The zero-order valence-electron chi connectivity index (χ0n) is 10.9. The number of hydrogen-bond acceptors (Lipinski definition) is 3. The van der Waals surface area contributed by atoms with Crippen molar-refractivity contribution < 1.29 is 12.8 Å². The van der Waals surface area contributed by atoms with Gasteiger partial charge in [0, 0.05) is 6.54 Å². The van der Waals surface area contributed by atoms with E-state index >= 15 is 0 Å². The first-order valence-electron chi connectivity index (χ1n) is 5.99. The predicted octanol–water partition coefficient (Wildman–Crippen LogP) is 2.19. The maximum Gasteiger partial charge on any atom is 0.241 e. The van der Waals surface area contributed by atoms with Crippen LogP contribution in [-0.4, -0.2) is 8.42 Å². The van der Waals surface area contributed by atoms with E-state index in [9.17, 15) is 12.8 Å². The minimum atomic E-state index is -3.73. The van der Waals surface area contributed by atoms with Gasteiger partial charge in [0.15, 0.2) is 0 Å². The van der Waals surface area contributed by atoms with Crippen LogP contribution in [0.1, 0.15) is 11.1 Å². The summed E-state index contributed by atoms with van der Waals surface area (Å²) in [6.07, 6.45) is 0. The number of benzene rings is 2. The summed E-state index contributed by atoms with van der Waals surface area (Å²) in [5.74, 6) is -0.621. The maximum atomic E-state index is 13.3. The molecule has 3 N–H and O–H groups in total. The lowest BCUT2D eigenvalue weighted by Gasteiger charge is -2.10. The largest absolute Gasteiger partial charge is 0.396 e. The highest BCUT2D eigenvalue weighted by atomic mass is 32.2. The van der Waals surface area contributed by atoms with Crippen molar-refractivity contribution in [2.75, 3.05) is 5.73 Å². The fourth-order valence-corrected chi connectivity index (χ4v) is 3.09. The first kappa shape index (κ1) is 14.5. The maximum absolute atomic E-state index is 13.3. The topological polar surface area (TPSA) is 72.2 Å². The highest BCUT2D eigenvalue weighted by Gasteiger charge is 2.18. The van der Waals surface area contributed by atoms with Gasteiger partial charge in [0.25, 0.3) is 0 Å². The van der Waals surface area contributed by atoms with E-state index in [1.54, 1.807) is 0 Å². The first-order valence-corrected chi connectivity index (χ1v) is 7.47. The molecule has 0 saturated carbocycles. The van der Waals surface area contributed by atoms with E-state index < -0.39 is 15.8 Å². The number of halogens is 1. The molecule has 0 atom stereocenters. The molecule has 0 radical (unpaired) electrons. The van der Waals surface area contributed by atoms with E-state index in [-0.39, 0.29) is 17.1 Å². The monoisotopic (exact) mass is 294 g/mol. The van der Waals surface area contributed by atoms with Crippen molar-refractivity contribution in [3.8, 4) is 0 Å². The molecule has 106 valence electrons. The summed E-state index contributed by atoms with van der Waals surface area (Å²) in [4.78, 5) is -0.00710. The molecule has 2 rings (SSSR count). The Kier molecular flexibility index (Phi) is 4.06. The fourth-order valence-electron chi connectivity index (χ4n) is 1.81. The summed E-state index contributed by atoms with van der Waals surface area (Å²) in [7, 11) is -3.73. The number of rotatable bonds is 4. The van der Waals surface area contributed by atoms with Crippen molar-refractivity contribution in [2.45, 2.75) is 18.4 Å². The molecule has 0 aliphatic heterocycles. The van der Waals surface area contributed by atoms with Crippen LogP contribution in [-0.2, 0) is 16.6 Å². The van der Waals surface area contributed by atoms with Crippen molar-refractivity contribution in [3.05, 3.63) is 59.4 Å². The van der Waals surface area contributed by atoms with E-state index in [1.165, 1.54) is 6.92 Å². The van der Waals surface area contributed by atoms with Crippen molar-refractivity contribution >= 4 is 15.7 Å². The molecule has 0 aromatic heterocycles. The molecule has 2 aromatic carbocycles. The molecule has 0 unspecified atom stereocenters. The van der Waals surface area contributed by atoms with Gasteiger partial charge < -0.3 is 5.73 Å². The molecule has 6 heteroatoms. The second-order valence-electron chi connectivity index (χ2n) is 4.45. The molecular formula is C14H15FN2O2S. The smallest absolute Gasteiger partial charge is 0.241 e. The number of nitrogen functional groups attached to an aromatic ring is 1. The normalized spacial score (nSPS) is 11.5. The molecule has 0 heterocycles. The molecule has 20 heavy (non-hydrogen) atoms. The van der Waals surface area contributed by atoms with Crippen LogP contribution >= 0.6 is 0 Å². The fraction of sp³-hybridized carbons (Fsp3) is 0.143. The van der Waals surface area contributed by atoms with Crippen molar-refractivity contribution in [1.29, 1.82) is 0 Å². The average Bonchev–Trinajstić information content (AvgIpc) is 2.42. The zero-order valence-corrected chi connectivity index (χ0v) is 11.7. The first-order chi connectivity index (χ1) is 9.40. The Hall–Kier alpha value is -1.92. The van der Waals surface area contributed by atoms with Gasteiger partial charge in [0.2, 0.25) is 10.0 Å². The third kappa shape index (κ3) is 3.15. The van der Waals surface area contributed by atoms with Gasteiger partial charge in [-0.15, -0.1) is 0 Å². The van der Waals surface area contributed by atoms with Crippen LogP contribution in [0.4, 0.5) is 10.1 Å². The summed E-state index contributed by atoms with van der Waals surface area (Å²) >= 11 is 0. The minimum absolute atomic E-state index is 0.00710. The van der Waals surface area contributed by atoms with Gasteiger partial charge in [0.05, 0.1) is 10.6 Å². The Morgan fingerprint density at radius 2 is 1.85 bits per heavy atom. The van der Waals surface area contributed by atoms with Gasteiger partial charge in [-0.3, -0.25) is 0 Å². The Balaban J connectivity index is 2.25. The van der Waals surface area contributed by atoms with Crippen LogP contribution < -0.4 is 10.5 Å². The van der Waals surface area contributed by atoms with Crippen molar-refractivity contribution in [1.82, 2.24) is 4.72 Å². The summed E-state index contributed by atoms with van der Waals surface area (Å²) in [5, 5.41) is 0. The van der Waals surface area contributed by atoms with Gasteiger partial charge in [-0.05, 0) is 30.2 Å². The number of sulfonamides is 1. The molecular weight excluding hydrogens is 279 g/mol. The predicted molar refractivity (Wildman–Crippen MR) is 76.0 cm³/mol. The van der Waals surface area contributed by atoms with Crippen molar-refractivity contribution in [2.24, 2.45) is 0 Å². The summed E-state index contributed by atoms with van der Waals surface area (Å²) in [6.45, 7) is 1.69. The van der Waals surface area contributed by atoms with Crippen molar-refractivity contribution in [3.63, 3.8) is 0 Å². The van der Waals surface area contributed by atoms with Crippen LogP contribution in [0.3, 0.4) is 0 Å². The average molecular weight is 294 g/mol. The van der Waals surface area contributed by atoms with Gasteiger partial charge in [0.1, 0.15) is 5.82 Å². The van der Waals surface area contributed by atoms with E-state index in [0.717, 1.165) is 17.7 Å². The Bertz CT molecular complexity index is 715. The molecule has 0 bridgehead atoms. The molecule has 0 saturated heterocycles. The van der Waals surface area contributed by atoms with Crippen LogP contribution in [0, 0.1) is 12.7 Å². The van der Waals surface area contributed by atoms with Crippen LogP contribution in [0.15, 0.2) is 47.4 Å². The van der Waals surface area contributed by atoms with Crippen LogP contribution in [0.25, 0.3) is 0 Å². The summed E-state index contributed by atoms with van der Waals surface area (Å²) < 4.78 is 40.1. The third-order valence-electron chi connectivity index (χ3n) is 2.89. The quantitative estimate of drug-likeness (QED) is 0.849. The highest BCUT2D eigenvalue weighted by Crippen LogP contribution is 2.21. The third-order valence-corrected chi connectivity index (χ3v) is 4.44. The minimum Gasteiger partial charge on any atom is -0.396 e. The number of anilines is 1. The number of aryl methyl sites for hydroxylation is 1. The lowest BCUT2D eigenvalue weighted by Crippen LogP contribution is -2.24. The number of nitrogens with two attached hydrogens (primary N) is 1. The van der Waals surface area contributed by atoms with Gasteiger partial charge in [-0.2, -0.15) is 0 Å². The van der Waals surface area contributed by atoms with E-state index in [0.29, 0.717) is 5.56 Å². The van der Waals surface area contributed by atoms with Crippen LogP contribution in [0.5, 0.6) is 0 Å². The molecule has 0 aliphatic carbocycles. The molecule has 4 nitrogen and oxygen atoms in total. The molecule has 0 amide bonds. The zero-order chi connectivity index (χ0) is 14.8. The Morgan fingerprint density at radius 1 is 1.20 bits per heavy atom. The molecule has 0 fully saturated rings. The SMILES string of the molecule is Cc1cc(F)c(N)cc1S(=O)(=O)NCc1ccccc1. The molecule has 0 aliphatic rings. The van der Waals surface area contributed by atoms with Gasteiger partial charge >= 0.3 is 0 Å². The Morgan fingerprint density at radius 3 is 2.50 bits per heavy atom. The van der Waals surface area contributed by atoms with E-state index in [1.807, 2.05) is 30.3 Å². The number of nitrogens with one attached hydrogen (secondary N) is 1. The van der Waals surface area contributed by atoms with Gasteiger partial charge in [-0.25, -0.2) is 17.5 Å². The number of hydrogen-bond donors (Lipinski definition) is 2. The lowest BCUT2D eigenvalue weighted by molar-refractivity contribution is 0.579. The molecule has 2 aromatic rings. The molecule has 0 spiro atoms. The van der Waals surface area contributed by atoms with Gasteiger partial charge in [-0.1, -0.05) is 30.3 Å². The summed E-state index contributed by atoms with van der Waals surface area (Å²) in [6, 6.07) is 11.4. The lowest BCUT2D eigenvalue weighted by atomic mass is 10.2.